The summed E-state index contributed by atoms with van der Waals surface area (Å²) in [5.41, 5.74) is 7.58. The number of hydrogen-bond acceptors (Lipinski definition) is 3. The van der Waals surface area contributed by atoms with Gasteiger partial charge in [0.25, 0.3) is 0 Å². The average molecular weight is 288 g/mol. The summed E-state index contributed by atoms with van der Waals surface area (Å²) in [6.45, 7) is 5.85. The fourth-order valence-corrected chi connectivity index (χ4v) is 2.42. The van der Waals surface area contributed by atoms with Crippen LogP contribution in [0.2, 0.25) is 0 Å². The van der Waals surface area contributed by atoms with E-state index in [-0.39, 0.29) is 0 Å². The highest BCUT2D eigenvalue weighted by atomic mass is 79.9. The fraction of sp³-hybridized carbons (Fsp3) is 0.500. The number of ether oxygens (including phenoxy) is 2. The first kappa shape index (κ1) is 13.3. The van der Waals surface area contributed by atoms with Crippen molar-refractivity contribution >= 4 is 15.9 Å². The third-order valence-corrected chi connectivity index (χ3v) is 3.11. The van der Waals surface area contributed by atoms with Crippen molar-refractivity contribution in [3.63, 3.8) is 0 Å². The van der Waals surface area contributed by atoms with Crippen molar-refractivity contribution in [3.8, 4) is 11.5 Å². The second-order valence-corrected chi connectivity index (χ2v) is 5.17. The SMILES string of the molecule is COc1c(Br)cc(C(C)(C)N)c(OC)c1C. The first-order valence-electron chi connectivity index (χ1n) is 5.03. The van der Waals surface area contributed by atoms with E-state index in [1.54, 1.807) is 14.2 Å². The van der Waals surface area contributed by atoms with Crippen LogP contribution in [0.1, 0.15) is 25.0 Å². The summed E-state index contributed by atoms with van der Waals surface area (Å²) in [5, 5.41) is 0. The van der Waals surface area contributed by atoms with Gasteiger partial charge < -0.3 is 15.2 Å². The topological polar surface area (TPSA) is 44.5 Å². The number of nitrogens with two attached hydrogens (primary N) is 1. The quantitative estimate of drug-likeness (QED) is 0.930. The molecule has 0 aliphatic heterocycles. The van der Waals surface area contributed by atoms with Crippen LogP contribution in [0.4, 0.5) is 0 Å². The lowest BCUT2D eigenvalue weighted by molar-refractivity contribution is 0.374. The molecule has 4 heteroatoms. The van der Waals surface area contributed by atoms with Gasteiger partial charge in [0, 0.05) is 16.7 Å². The molecule has 1 rings (SSSR count). The number of benzene rings is 1. The Hall–Kier alpha value is -0.740. The third kappa shape index (κ3) is 2.33. The molecule has 0 saturated carbocycles. The molecule has 16 heavy (non-hydrogen) atoms. The molecule has 1 aromatic rings. The summed E-state index contributed by atoms with van der Waals surface area (Å²) in [6, 6.07) is 1.95. The first-order chi connectivity index (χ1) is 7.32. The molecule has 0 fully saturated rings. The van der Waals surface area contributed by atoms with E-state index < -0.39 is 5.54 Å². The van der Waals surface area contributed by atoms with Crippen LogP contribution in [0.25, 0.3) is 0 Å². The molecule has 0 spiro atoms. The van der Waals surface area contributed by atoms with Crippen LogP contribution in [0.15, 0.2) is 10.5 Å². The molecule has 0 unspecified atom stereocenters. The Balaban J connectivity index is 3.53. The van der Waals surface area contributed by atoms with Crippen LogP contribution in [0.3, 0.4) is 0 Å². The zero-order valence-electron chi connectivity index (χ0n) is 10.3. The zero-order valence-corrected chi connectivity index (χ0v) is 11.9. The van der Waals surface area contributed by atoms with Crippen LogP contribution in [0, 0.1) is 6.92 Å². The maximum atomic E-state index is 6.12. The van der Waals surface area contributed by atoms with E-state index in [0.29, 0.717) is 0 Å². The van der Waals surface area contributed by atoms with Crippen molar-refractivity contribution in [2.24, 2.45) is 5.73 Å². The van der Waals surface area contributed by atoms with E-state index >= 15 is 0 Å². The summed E-state index contributed by atoms with van der Waals surface area (Å²) >= 11 is 3.48. The molecule has 3 nitrogen and oxygen atoms in total. The molecule has 0 aliphatic rings. The van der Waals surface area contributed by atoms with Gasteiger partial charge in [0.1, 0.15) is 11.5 Å². The van der Waals surface area contributed by atoms with Crippen molar-refractivity contribution in [1.82, 2.24) is 0 Å². The molecule has 0 amide bonds. The first-order valence-corrected chi connectivity index (χ1v) is 5.82. The molecule has 90 valence electrons. The Bertz CT molecular complexity index is 397. The second kappa shape index (κ2) is 4.63. The number of halogens is 1. The molecule has 0 aliphatic carbocycles. The van der Waals surface area contributed by atoms with Crippen molar-refractivity contribution in [3.05, 3.63) is 21.7 Å². The van der Waals surface area contributed by atoms with Crippen molar-refractivity contribution in [1.29, 1.82) is 0 Å². The molecule has 0 aromatic heterocycles. The zero-order chi connectivity index (χ0) is 12.5. The predicted molar refractivity (Wildman–Crippen MR) is 69.2 cm³/mol. The lowest BCUT2D eigenvalue weighted by atomic mass is 9.92. The molecule has 0 bridgehead atoms. The van der Waals surface area contributed by atoms with Gasteiger partial charge in [-0.15, -0.1) is 0 Å². The molecule has 0 saturated heterocycles. The van der Waals surface area contributed by atoms with E-state index in [1.807, 2.05) is 26.8 Å². The van der Waals surface area contributed by atoms with E-state index in [0.717, 1.165) is 27.1 Å². The summed E-state index contributed by atoms with van der Waals surface area (Å²) in [4.78, 5) is 0. The smallest absolute Gasteiger partial charge is 0.139 e. The monoisotopic (exact) mass is 287 g/mol. The van der Waals surface area contributed by atoms with Gasteiger partial charge in [0.15, 0.2) is 0 Å². The predicted octanol–water partition coefficient (Wildman–Crippen LogP) is 2.97. The van der Waals surface area contributed by atoms with E-state index in [2.05, 4.69) is 15.9 Å². The fourth-order valence-electron chi connectivity index (χ4n) is 1.73. The van der Waals surface area contributed by atoms with E-state index in [1.165, 1.54) is 0 Å². The lowest BCUT2D eigenvalue weighted by Gasteiger charge is -2.25. The number of hydrogen-bond donors (Lipinski definition) is 1. The Labute approximate surface area is 105 Å². The van der Waals surface area contributed by atoms with Gasteiger partial charge >= 0.3 is 0 Å². The summed E-state index contributed by atoms with van der Waals surface area (Å²) in [5.74, 6) is 1.57. The maximum absolute atomic E-state index is 6.12. The third-order valence-electron chi connectivity index (χ3n) is 2.52. The Morgan fingerprint density at radius 1 is 1.19 bits per heavy atom. The largest absolute Gasteiger partial charge is 0.496 e. The van der Waals surface area contributed by atoms with Crippen LogP contribution in [0.5, 0.6) is 11.5 Å². The Morgan fingerprint density at radius 2 is 1.69 bits per heavy atom. The minimum atomic E-state index is -0.453. The maximum Gasteiger partial charge on any atom is 0.139 e. The number of rotatable bonds is 3. The van der Waals surface area contributed by atoms with E-state index in [4.69, 9.17) is 15.2 Å². The van der Waals surface area contributed by atoms with Gasteiger partial charge in [-0.25, -0.2) is 0 Å². The Morgan fingerprint density at radius 3 is 2.06 bits per heavy atom. The summed E-state index contributed by atoms with van der Waals surface area (Å²) < 4.78 is 11.6. The molecular weight excluding hydrogens is 270 g/mol. The molecular formula is C12H18BrNO2. The molecule has 0 atom stereocenters. The molecule has 1 aromatic carbocycles. The highest BCUT2D eigenvalue weighted by Gasteiger charge is 2.24. The molecule has 0 radical (unpaired) electrons. The second-order valence-electron chi connectivity index (χ2n) is 4.32. The van der Waals surface area contributed by atoms with Gasteiger partial charge in [0.05, 0.1) is 18.7 Å². The standard InChI is InChI=1S/C12H18BrNO2/c1-7-10(15-4)8(12(2,3)14)6-9(13)11(7)16-5/h6H,14H2,1-5H3. The van der Waals surface area contributed by atoms with Crippen LogP contribution < -0.4 is 15.2 Å². The van der Waals surface area contributed by atoms with Gasteiger partial charge in [-0.2, -0.15) is 0 Å². The highest BCUT2D eigenvalue weighted by molar-refractivity contribution is 9.10. The highest BCUT2D eigenvalue weighted by Crippen LogP contribution is 2.41. The minimum Gasteiger partial charge on any atom is -0.496 e. The number of methoxy groups -OCH3 is 2. The minimum absolute atomic E-state index is 0.453. The normalized spacial score (nSPS) is 11.4. The van der Waals surface area contributed by atoms with Gasteiger partial charge in [0.2, 0.25) is 0 Å². The average Bonchev–Trinajstić information content (AvgIpc) is 2.16. The molecule has 2 N–H and O–H groups in total. The van der Waals surface area contributed by atoms with Crippen LogP contribution >= 0.6 is 15.9 Å². The summed E-state index contributed by atoms with van der Waals surface area (Å²) in [7, 11) is 3.28. The van der Waals surface area contributed by atoms with Gasteiger partial charge in [-0.1, -0.05) is 0 Å². The van der Waals surface area contributed by atoms with Crippen LogP contribution in [-0.2, 0) is 5.54 Å². The van der Waals surface area contributed by atoms with Gasteiger partial charge in [-0.3, -0.25) is 0 Å². The van der Waals surface area contributed by atoms with Gasteiger partial charge in [-0.05, 0) is 42.8 Å². The van der Waals surface area contributed by atoms with Crippen molar-refractivity contribution in [2.75, 3.05) is 14.2 Å². The molecule has 0 heterocycles. The van der Waals surface area contributed by atoms with Crippen molar-refractivity contribution < 1.29 is 9.47 Å². The van der Waals surface area contributed by atoms with E-state index in [9.17, 15) is 0 Å². The lowest BCUT2D eigenvalue weighted by Crippen LogP contribution is -2.29. The van der Waals surface area contributed by atoms with Crippen LogP contribution in [-0.4, -0.2) is 14.2 Å². The summed E-state index contributed by atoms with van der Waals surface area (Å²) in [6.07, 6.45) is 0. The Kier molecular flexibility index (Phi) is 3.86. The van der Waals surface area contributed by atoms with Crippen molar-refractivity contribution in [2.45, 2.75) is 26.3 Å².